The smallest absolute Gasteiger partial charge is 0.223 e. The Bertz CT molecular complexity index is 427. The maximum atomic E-state index is 12.1. The molecule has 1 aromatic rings. The number of hydrogen-bond acceptors (Lipinski definition) is 3. The topological polar surface area (TPSA) is 58.6 Å². The minimum Gasteiger partial charge on any atom is -0.388 e. The second kappa shape index (κ2) is 6.86. The molecule has 0 bridgehead atoms. The summed E-state index contributed by atoms with van der Waals surface area (Å²) in [5.41, 5.74) is 0.348. The summed E-state index contributed by atoms with van der Waals surface area (Å²) in [5, 5.41) is 13.2. The fourth-order valence-electron chi connectivity index (χ4n) is 2.41. The second-order valence-corrected chi connectivity index (χ2v) is 5.65. The van der Waals surface area contributed by atoms with E-state index < -0.39 is 5.60 Å². The van der Waals surface area contributed by atoms with Gasteiger partial charge < -0.3 is 15.2 Å². The Morgan fingerprint density at radius 3 is 2.65 bits per heavy atom. The molecule has 0 spiro atoms. The van der Waals surface area contributed by atoms with Crippen LogP contribution in [0.3, 0.4) is 0 Å². The van der Waals surface area contributed by atoms with E-state index in [4.69, 9.17) is 4.74 Å². The molecule has 1 saturated heterocycles. The maximum Gasteiger partial charge on any atom is 0.223 e. The maximum absolute atomic E-state index is 12.1. The van der Waals surface area contributed by atoms with Gasteiger partial charge in [-0.05, 0) is 12.0 Å². The van der Waals surface area contributed by atoms with Gasteiger partial charge in [-0.15, -0.1) is 0 Å². The van der Waals surface area contributed by atoms with Crippen molar-refractivity contribution in [2.45, 2.75) is 31.8 Å². The highest BCUT2D eigenvalue weighted by Crippen LogP contribution is 2.19. The number of carbonyl (C=O) groups excluding carboxylic acids is 1. The minimum absolute atomic E-state index is 0.00577. The predicted octanol–water partition coefficient (Wildman–Crippen LogP) is 1.52. The van der Waals surface area contributed by atoms with Gasteiger partial charge in [-0.1, -0.05) is 37.3 Å². The highest BCUT2D eigenvalue weighted by atomic mass is 16.5. The van der Waals surface area contributed by atoms with Crippen molar-refractivity contribution in [3.63, 3.8) is 0 Å². The third-order valence-corrected chi connectivity index (χ3v) is 3.85. The number of hydrogen-bond donors (Lipinski definition) is 2. The SMILES string of the molecule is CC(Cc1ccccc1)C(=O)NCC1(O)CCOCC1. The summed E-state index contributed by atoms with van der Waals surface area (Å²) in [4.78, 5) is 12.1. The standard InChI is InChI=1S/C16H23NO3/c1-13(11-14-5-3-2-4-6-14)15(18)17-12-16(19)7-9-20-10-8-16/h2-6,13,19H,7-12H2,1H3,(H,17,18). The lowest BCUT2D eigenvalue weighted by Crippen LogP contribution is -2.47. The average Bonchev–Trinajstić information content (AvgIpc) is 2.46. The molecule has 1 aliphatic rings. The van der Waals surface area contributed by atoms with Crippen molar-refractivity contribution in [2.24, 2.45) is 5.92 Å². The molecule has 1 fully saturated rings. The molecule has 1 aromatic carbocycles. The normalized spacial score (nSPS) is 19.3. The van der Waals surface area contributed by atoms with Crippen molar-refractivity contribution >= 4 is 5.91 Å². The van der Waals surface area contributed by atoms with Crippen LogP contribution >= 0.6 is 0 Å². The predicted molar refractivity (Wildman–Crippen MR) is 77.3 cm³/mol. The van der Waals surface area contributed by atoms with Gasteiger partial charge in [0.15, 0.2) is 0 Å². The highest BCUT2D eigenvalue weighted by Gasteiger charge is 2.30. The van der Waals surface area contributed by atoms with Gasteiger partial charge in [-0.2, -0.15) is 0 Å². The second-order valence-electron chi connectivity index (χ2n) is 5.65. The number of aliphatic hydroxyl groups is 1. The minimum atomic E-state index is -0.805. The Morgan fingerprint density at radius 2 is 2.00 bits per heavy atom. The lowest BCUT2D eigenvalue weighted by Gasteiger charge is -2.32. The third-order valence-electron chi connectivity index (χ3n) is 3.85. The summed E-state index contributed by atoms with van der Waals surface area (Å²) in [7, 11) is 0. The van der Waals surface area contributed by atoms with Crippen LogP contribution in [0.25, 0.3) is 0 Å². The molecule has 110 valence electrons. The average molecular weight is 277 g/mol. The summed E-state index contributed by atoms with van der Waals surface area (Å²) in [5.74, 6) is -0.102. The first-order valence-corrected chi connectivity index (χ1v) is 7.21. The quantitative estimate of drug-likeness (QED) is 0.858. The molecule has 0 radical (unpaired) electrons. The number of ether oxygens (including phenoxy) is 1. The van der Waals surface area contributed by atoms with E-state index in [1.807, 2.05) is 37.3 Å². The van der Waals surface area contributed by atoms with E-state index in [1.54, 1.807) is 0 Å². The van der Waals surface area contributed by atoms with Crippen LogP contribution in [0.4, 0.5) is 0 Å². The van der Waals surface area contributed by atoms with Gasteiger partial charge in [-0.25, -0.2) is 0 Å². The van der Waals surface area contributed by atoms with Crippen LogP contribution in [-0.4, -0.2) is 36.4 Å². The van der Waals surface area contributed by atoms with Gasteiger partial charge >= 0.3 is 0 Å². The van der Waals surface area contributed by atoms with E-state index in [-0.39, 0.29) is 11.8 Å². The van der Waals surface area contributed by atoms with Gasteiger partial charge in [0, 0.05) is 38.5 Å². The van der Waals surface area contributed by atoms with Gasteiger partial charge in [0.1, 0.15) is 0 Å². The first-order chi connectivity index (χ1) is 9.59. The zero-order chi connectivity index (χ0) is 14.4. The lowest BCUT2D eigenvalue weighted by atomic mass is 9.94. The Kier molecular flexibility index (Phi) is 5.15. The van der Waals surface area contributed by atoms with Crippen LogP contribution in [0, 0.1) is 5.92 Å². The number of rotatable bonds is 5. The van der Waals surface area contributed by atoms with Crippen LogP contribution < -0.4 is 5.32 Å². The number of nitrogens with one attached hydrogen (secondary N) is 1. The Hall–Kier alpha value is -1.39. The van der Waals surface area contributed by atoms with Crippen molar-refractivity contribution in [2.75, 3.05) is 19.8 Å². The van der Waals surface area contributed by atoms with Crippen LogP contribution in [-0.2, 0) is 16.0 Å². The zero-order valence-corrected chi connectivity index (χ0v) is 12.0. The van der Waals surface area contributed by atoms with Gasteiger partial charge in [0.2, 0.25) is 5.91 Å². The van der Waals surface area contributed by atoms with E-state index >= 15 is 0 Å². The van der Waals surface area contributed by atoms with E-state index in [9.17, 15) is 9.90 Å². The zero-order valence-electron chi connectivity index (χ0n) is 12.0. The molecule has 20 heavy (non-hydrogen) atoms. The van der Waals surface area contributed by atoms with Crippen molar-refractivity contribution in [3.8, 4) is 0 Å². The first kappa shape index (κ1) is 15.0. The van der Waals surface area contributed by atoms with Crippen molar-refractivity contribution in [1.82, 2.24) is 5.32 Å². The number of carbonyl (C=O) groups is 1. The number of benzene rings is 1. The van der Waals surface area contributed by atoms with Crippen LogP contribution in [0.1, 0.15) is 25.3 Å². The molecule has 4 nitrogen and oxygen atoms in total. The molecule has 1 amide bonds. The molecule has 1 unspecified atom stereocenters. The van der Waals surface area contributed by atoms with E-state index in [2.05, 4.69) is 5.32 Å². The molecule has 2 rings (SSSR count). The molecule has 2 N–H and O–H groups in total. The molecule has 0 aliphatic carbocycles. The van der Waals surface area contributed by atoms with Crippen LogP contribution in [0.5, 0.6) is 0 Å². The summed E-state index contributed by atoms with van der Waals surface area (Å²) in [6.07, 6.45) is 1.88. The molecule has 1 atom stereocenters. The van der Waals surface area contributed by atoms with E-state index in [1.165, 1.54) is 0 Å². The van der Waals surface area contributed by atoms with Crippen molar-refractivity contribution in [1.29, 1.82) is 0 Å². The Labute approximate surface area is 120 Å². The highest BCUT2D eigenvalue weighted by molar-refractivity contribution is 5.78. The summed E-state index contributed by atoms with van der Waals surface area (Å²) >= 11 is 0. The van der Waals surface area contributed by atoms with Crippen molar-refractivity contribution < 1.29 is 14.6 Å². The fraction of sp³-hybridized carbons (Fsp3) is 0.562. The van der Waals surface area contributed by atoms with Crippen LogP contribution in [0.2, 0.25) is 0 Å². The molecule has 0 saturated carbocycles. The molecular formula is C16H23NO3. The van der Waals surface area contributed by atoms with Crippen molar-refractivity contribution in [3.05, 3.63) is 35.9 Å². The number of amides is 1. The monoisotopic (exact) mass is 277 g/mol. The summed E-state index contributed by atoms with van der Waals surface area (Å²) in [6.45, 7) is 3.35. The molecular weight excluding hydrogens is 254 g/mol. The first-order valence-electron chi connectivity index (χ1n) is 7.21. The molecule has 0 aromatic heterocycles. The summed E-state index contributed by atoms with van der Waals surface area (Å²) < 4.78 is 5.23. The lowest BCUT2D eigenvalue weighted by molar-refractivity contribution is -0.127. The fourth-order valence-corrected chi connectivity index (χ4v) is 2.41. The molecule has 1 aliphatic heterocycles. The molecule has 1 heterocycles. The van der Waals surface area contributed by atoms with Crippen LogP contribution in [0.15, 0.2) is 30.3 Å². The van der Waals surface area contributed by atoms with Gasteiger partial charge in [-0.3, -0.25) is 4.79 Å². The van der Waals surface area contributed by atoms with E-state index in [0.29, 0.717) is 39.0 Å². The Morgan fingerprint density at radius 1 is 1.35 bits per heavy atom. The molecule has 4 heteroatoms. The van der Waals surface area contributed by atoms with Gasteiger partial charge in [0.05, 0.1) is 5.60 Å². The van der Waals surface area contributed by atoms with E-state index in [0.717, 1.165) is 5.56 Å². The van der Waals surface area contributed by atoms with Gasteiger partial charge in [0.25, 0.3) is 0 Å². The third kappa shape index (κ3) is 4.32. The Balaban J connectivity index is 1.79. The summed E-state index contributed by atoms with van der Waals surface area (Å²) in [6, 6.07) is 9.97. The largest absolute Gasteiger partial charge is 0.388 e.